The predicted octanol–water partition coefficient (Wildman–Crippen LogP) is 14.5. The van der Waals surface area contributed by atoms with Gasteiger partial charge in [0.2, 0.25) is 0 Å². The third kappa shape index (κ3) is 4.49. The molecule has 18 rings (SSSR count). The van der Waals surface area contributed by atoms with Crippen LogP contribution in [0.5, 0.6) is 0 Å². The summed E-state index contributed by atoms with van der Waals surface area (Å²) in [5.41, 5.74) is 28.0. The number of hydrogen-bond donors (Lipinski definition) is 0. The summed E-state index contributed by atoms with van der Waals surface area (Å²) in [6, 6.07) is 65.2. The lowest BCUT2D eigenvalue weighted by Gasteiger charge is -2.44. The average Bonchev–Trinajstić information content (AvgIpc) is 4.29. The minimum absolute atomic E-state index is 0.0858. The topological polar surface area (TPSA) is 9.86 Å². The van der Waals surface area contributed by atoms with Gasteiger partial charge in [0.25, 0.3) is 6.71 Å². The van der Waals surface area contributed by atoms with Gasteiger partial charge in [-0.05, 0) is 151 Å². The summed E-state index contributed by atoms with van der Waals surface area (Å²) >= 11 is 0. The molecule has 334 valence electrons. The first-order valence-electron chi connectivity index (χ1n) is 27.0. The van der Waals surface area contributed by atoms with E-state index in [1.54, 1.807) is 11.1 Å². The Hall–Kier alpha value is -6.84. The lowest BCUT2D eigenvalue weighted by atomic mass is 9.33. The Bertz CT molecular complexity index is 3890. The number of aromatic nitrogens is 2. The zero-order chi connectivity index (χ0) is 45.1. The third-order valence-corrected chi connectivity index (χ3v) is 20.4. The van der Waals surface area contributed by atoms with E-state index in [1.807, 2.05) is 0 Å². The quantitative estimate of drug-likeness (QED) is 0.156. The fraction of sp³-hybridized carbons (Fsp3) is 0.254. The van der Waals surface area contributed by atoms with Crippen LogP contribution in [-0.2, 0) is 5.41 Å². The Kier molecular flexibility index (Phi) is 7.22. The van der Waals surface area contributed by atoms with Crippen molar-refractivity contribution in [1.82, 2.24) is 9.13 Å². The van der Waals surface area contributed by atoms with Gasteiger partial charge in [0.1, 0.15) is 0 Å². The first-order chi connectivity index (χ1) is 34.7. The van der Waals surface area contributed by atoms with E-state index in [-0.39, 0.29) is 6.71 Å². The minimum atomic E-state index is -0.473. The molecule has 2 nitrogen and oxygen atoms in total. The normalized spacial score (nSPS) is 24.1. The first kappa shape index (κ1) is 38.0. The van der Waals surface area contributed by atoms with Gasteiger partial charge >= 0.3 is 0 Å². The molecule has 8 aliphatic rings. The summed E-state index contributed by atoms with van der Waals surface area (Å²) in [6.45, 7) is 0.0858. The van der Waals surface area contributed by atoms with Crippen molar-refractivity contribution in [3.8, 4) is 44.9 Å². The van der Waals surface area contributed by atoms with Crippen LogP contribution in [0.2, 0.25) is 0 Å². The van der Waals surface area contributed by atoms with E-state index >= 15 is 0 Å². The van der Waals surface area contributed by atoms with Crippen molar-refractivity contribution in [1.29, 1.82) is 0 Å². The molecule has 4 saturated carbocycles. The van der Waals surface area contributed by atoms with Gasteiger partial charge in [0, 0.05) is 44.1 Å². The summed E-state index contributed by atoms with van der Waals surface area (Å²) in [5, 5.41) is 4.34. The number of nitrogens with zero attached hydrogens (tertiary/aromatic N) is 2. The summed E-state index contributed by atoms with van der Waals surface area (Å²) in [4.78, 5) is 0. The molecule has 70 heavy (non-hydrogen) atoms. The van der Waals surface area contributed by atoms with Crippen LogP contribution in [0.25, 0.3) is 77.6 Å². The van der Waals surface area contributed by atoms with Crippen molar-refractivity contribution in [3.63, 3.8) is 0 Å². The number of para-hydroxylation sites is 1. The molecule has 0 radical (unpaired) electrons. The molecule has 8 aromatic carbocycles. The third-order valence-electron chi connectivity index (χ3n) is 20.4. The average molecular weight is 897 g/mol. The summed E-state index contributed by atoms with van der Waals surface area (Å²) in [6.07, 6.45) is 13.9. The zero-order valence-corrected chi connectivity index (χ0v) is 39.6. The smallest absolute Gasteiger partial charge is 0.252 e. The molecule has 3 heteroatoms. The highest BCUT2D eigenvalue weighted by molar-refractivity contribution is 7.00. The van der Waals surface area contributed by atoms with E-state index < -0.39 is 5.41 Å². The molecule has 0 bridgehead atoms. The second kappa shape index (κ2) is 13.3. The SMILES string of the molecule is c1ccc(-c2c(-c3ccccc3)n3c4c(cccc24)B2c4c-3ccc3c4-n4c5c2cc(C2CC6CCCC6C2)cc5c2cc(C5CC6CCCC6C5)cc(c24)C32c3ccccc3-c3ccccc32)cc1. The van der Waals surface area contributed by atoms with E-state index in [0.717, 1.165) is 23.7 Å². The zero-order valence-electron chi connectivity index (χ0n) is 39.6. The molecule has 0 amide bonds. The van der Waals surface area contributed by atoms with Crippen LogP contribution in [0.4, 0.5) is 0 Å². The highest BCUT2D eigenvalue weighted by Crippen LogP contribution is 2.63. The highest BCUT2D eigenvalue weighted by Gasteiger charge is 2.55. The molecule has 4 fully saturated rings. The van der Waals surface area contributed by atoms with Gasteiger partial charge in [0.15, 0.2) is 0 Å². The second-order valence-electron chi connectivity index (χ2n) is 23.2. The number of hydrogen-bond acceptors (Lipinski definition) is 0. The lowest BCUT2D eigenvalue weighted by molar-refractivity contribution is 0.457. The predicted molar refractivity (Wildman–Crippen MR) is 290 cm³/mol. The molecule has 4 unspecified atom stereocenters. The Labute approximate surface area is 410 Å². The Morgan fingerprint density at radius 1 is 0.429 bits per heavy atom. The van der Waals surface area contributed by atoms with Crippen molar-refractivity contribution in [2.24, 2.45) is 23.7 Å². The van der Waals surface area contributed by atoms with Crippen LogP contribution >= 0.6 is 0 Å². The standard InChI is InChI=1S/C67H53BN2/c1-3-14-38(15-4-1)60-50-24-13-27-57-64(50)69(62(60)39-16-5-2-6-17-39)59-29-28-55-66-61(59)68(57)58-37-47(45-32-42-20-12-21-43(42)33-45)35-52-51-34-46(44-30-40-18-11-19-41(40)31-44)36-56(63(51)70(66)65(52)58)67(55)53-25-9-7-22-48(53)49-23-8-10-26-54(49)67/h1-10,13-17,22-29,34-37,40-45H,11-12,18-21,30-33H2. The van der Waals surface area contributed by atoms with Gasteiger partial charge in [0.05, 0.1) is 16.6 Å². The minimum Gasteiger partial charge on any atom is -0.310 e. The highest BCUT2D eigenvalue weighted by atomic mass is 15.1. The molecule has 1 spiro atoms. The maximum absolute atomic E-state index is 2.87. The molecule has 0 saturated heterocycles. The first-order valence-corrected chi connectivity index (χ1v) is 27.0. The van der Waals surface area contributed by atoms with Crippen LogP contribution in [0.1, 0.15) is 109 Å². The number of fused-ring (bicyclic) bond motifs is 13. The van der Waals surface area contributed by atoms with Gasteiger partial charge in [-0.2, -0.15) is 0 Å². The van der Waals surface area contributed by atoms with Crippen molar-refractivity contribution in [2.75, 3.05) is 0 Å². The monoisotopic (exact) mass is 896 g/mol. The Morgan fingerprint density at radius 2 is 1.00 bits per heavy atom. The lowest BCUT2D eigenvalue weighted by Crippen LogP contribution is -2.60. The van der Waals surface area contributed by atoms with Crippen LogP contribution in [0.3, 0.4) is 0 Å². The van der Waals surface area contributed by atoms with Gasteiger partial charge in [-0.1, -0.05) is 184 Å². The Balaban J connectivity index is 1.03. The van der Waals surface area contributed by atoms with Crippen LogP contribution < -0.4 is 16.4 Å². The van der Waals surface area contributed by atoms with Crippen molar-refractivity contribution < 1.29 is 0 Å². The van der Waals surface area contributed by atoms with Crippen molar-refractivity contribution in [2.45, 2.75) is 81.5 Å². The maximum atomic E-state index is 2.87. The maximum Gasteiger partial charge on any atom is 0.252 e. The van der Waals surface area contributed by atoms with E-state index in [0.29, 0.717) is 11.8 Å². The molecule has 4 atom stereocenters. The van der Waals surface area contributed by atoms with Crippen LogP contribution in [-0.4, -0.2) is 15.8 Å². The molecular weight excluding hydrogens is 844 g/mol. The second-order valence-corrected chi connectivity index (χ2v) is 23.2. The fourth-order valence-electron chi connectivity index (χ4n) is 17.9. The molecular formula is C67H53BN2. The molecule has 3 aliphatic heterocycles. The fourth-order valence-corrected chi connectivity index (χ4v) is 17.9. The van der Waals surface area contributed by atoms with Crippen LogP contribution in [0, 0.1) is 23.7 Å². The largest absolute Gasteiger partial charge is 0.310 e. The Morgan fingerprint density at radius 3 is 1.66 bits per heavy atom. The van der Waals surface area contributed by atoms with Gasteiger partial charge in [-0.15, -0.1) is 0 Å². The summed E-state index contributed by atoms with van der Waals surface area (Å²) in [5.74, 6) is 4.76. The molecule has 10 aromatic rings. The molecule has 2 aromatic heterocycles. The summed E-state index contributed by atoms with van der Waals surface area (Å²) in [7, 11) is 0. The molecule has 0 N–H and O–H groups in total. The van der Waals surface area contributed by atoms with E-state index in [9.17, 15) is 0 Å². The molecule has 5 aliphatic carbocycles. The van der Waals surface area contributed by atoms with Crippen molar-refractivity contribution in [3.05, 3.63) is 197 Å². The van der Waals surface area contributed by atoms with E-state index in [1.165, 1.54) is 180 Å². The van der Waals surface area contributed by atoms with Gasteiger partial charge in [-0.25, -0.2) is 0 Å². The van der Waals surface area contributed by atoms with Crippen molar-refractivity contribution >= 4 is 55.8 Å². The van der Waals surface area contributed by atoms with E-state index in [2.05, 4.69) is 173 Å². The molecule has 5 heterocycles. The van der Waals surface area contributed by atoms with Gasteiger partial charge < -0.3 is 9.13 Å². The van der Waals surface area contributed by atoms with Crippen LogP contribution in [0.15, 0.2) is 164 Å². The number of benzene rings is 8. The van der Waals surface area contributed by atoms with E-state index in [4.69, 9.17) is 0 Å². The summed E-state index contributed by atoms with van der Waals surface area (Å²) < 4.78 is 5.59. The number of rotatable bonds is 4. The van der Waals surface area contributed by atoms with Gasteiger partial charge in [-0.3, -0.25) is 0 Å².